The van der Waals surface area contributed by atoms with Crippen LogP contribution in [0.5, 0.6) is 0 Å². The van der Waals surface area contributed by atoms with E-state index in [0.717, 1.165) is 5.56 Å². The standard InChI is InChI=1S/C21H29N5O2S/c1-7-12-26-17(14-8-10-15(11-9-14)21(4,5)6)24-25-20(26)29-16(13(2)3)18(27)23-19(22)28/h7-11,13,16H,1,12H2,2-6H3,(H3,22,23,27,28). The lowest BCUT2D eigenvalue weighted by Crippen LogP contribution is -2.42. The number of hydrogen-bond acceptors (Lipinski definition) is 5. The Morgan fingerprint density at radius 1 is 1.24 bits per heavy atom. The number of aromatic nitrogens is 3. The molecule has 0 fully saturated rings. The molecule has 1 aromatic heterocycles. The van der Waals surface area contributed by atoms with Crippen molar-refractivity contribution in [2.45, 2.75) is 57.0 Å². The van der Waals surface area contributed by atoms with Gasteiger partial charge in [-0.3, -0.25) is 14.7 Å². The maximum Gasteiger partial charge on any atom is 0.318 e. The molecule has 1 unspecified atom stereocenters. The second-order valence-electron chi connectivity index (χ2n) is 8.17. The summed E-state index contributed by atoms with van der Waals surface area (Å²) in [5, 5.41) is 10.9. The van der Waals surface area contributed by atoms with E-state index in [4.69, 9.17) is 5.73 Å². The molecule has 1 aromatic carbocycles. The lowest BCUT2D eigenvalue weighted by atomic mass is 9.87. The molecule has 0 saturated heterocycles. The van der Waals surface area contributed by atoms with Crippen LogP contribution in [0, 0.1) is 5.92 Å². The molecule has 2 rings (SSSR count). The lowest BCUT2D eigenvalue weighted by Gasteiger charge is -2.19. The van der Waals surface area contributed by atoms with Gasteiger partial charge in [0.05, 0.1) is 5.25 Å². The minimum absolute atomic E-state index is 0.0391. The Hall–Kier alpha value is -2.61. The number of carbonyl (C=O) groups excluding carboxylic acids is 2. The Balaban J connectivity index is 2.37. The van der Waals surface area contributed by atoms with Gasteiger partial charge in [-0.05, 0) is 16.9 Å². The number of nitrogens with two attached hydrogens (primary N) is 1. The van der Waals surface area contributed by atoms with Crippen LogP contribution in [0.4, 0.5) is 4.79 Å². The highest BCUT2D eigenvalue weighted by atomic mass is 32.2. The summed E-state index contributed by atoms with van der Waals surface area (Å²) in [5.74, 6) is 0.218. The molecule has 7 nitrogen and oxygen atoms in total. The first-order chi connectivity index (χ1) is 13.5. The van der Waals surface area contributed by atoms with Gasteiger partial charge < -0.3 is 5.73 Å². The molecule has 0 aliphatic rings. The molecule has 156 valence electrons. The largest absolute Gasteiger partial charge is 0.351 e. The van der Waals surface area contributed by atoms with Crippen LogP contribution in [0.15, 0.2) is 42.1 Å². The molecule has 8 heteroatoms. The van der Waals surface area contributed by atoms with Crippen molar-refractivity contribution < 1.29 is 9.59 Å². The van der Waals surface area contributed by atoms with Crippen LogP contribution in [-0.2, 0) is 16.8 Å². The minimum Gasteiger partial charge on any atom is -0.351 e. The van der Waals surface area contributed by atoms with E-state index in [1.807, 2.05) is 30.5 Å². The normalized spacial score (nSPS) is 12.6. The van der Waals surface area contributed by atoms with E-state index < -0.39 is 17.2 Å². The summed E-state index contributed by atoms with van der Waals surface area (Å²) < 4.78 is 1.91. The number of allylic oxidation sites excluding steroid dienone is 1. The van der Waals surface area contributed by atoms with Gasteiger partial charge in [-0.15, -0.1) is 16.8 Å². The maximum absolute atomic E-state index is 12.4. The minimum atomic E-state index is -0.867. The van der Waals surface area contributed by atoms with E-state index in [9.17, 15) is 9.59 Å². The van der Waals surface area contributed by atoms with Gasteiger partial charge >= 0.3 is 6.03 Å². The first-order valence-corrected chi connectivity index (χ1v) is 10.3. The van der Waals surface area contributed by atoms with Gasteiger partial charge in [-0.25, -0.2) is 4.79 Å². The van der Waals surface area contributed by atoms with Crippen molar-refractivity contribution in [2.24, 2.45) is 11.7 Å². The fourth-order valence-electron chi connectivity index (χ4n) is 2.80. The van der Waals surface area contributed by atoms with Crippen LogP contribution in [0.1, 0.15) is 40.2 Å². The number of hydrogen-bond donors (Lipinski definition) is 2. The highest BCUT2D eigenvalue weighted by Gasteiger charge is 2.27. The molecule has 29 heavy (non-hydrogen) atoms. The van der Waals surface area contributed by atoms with Crippen molar-refractivity contribution in [2.75, 3.05) is 0 Å². The predicted octanol–water partition coefficient (Wildman–Crippen LogP) is 3.74. The van der Waals surface area contributed by atoms with Crippen LogP contribution in [-0.4, -0.2) is 32.0 Å². The van der Waals surface area contributed by atoms with Crippen molar-refractivity contribution in [3.05, 3.63) is 42.5 Å². The zero-order valence-electron chi connectivity index (χ0n) is 17.6. The summed E-state index contributed by atoms with van der Waals surface area (Å²) in [5.41, 5.74) is 7.32. The van der Waals surface area contributed by atoms with E-state index >= 15 is 0 Å². The zero-order chi connectivity index (χ0) is 21.8. The summed E-state index contributed by atoms with van der Waals surface area (Å²) in [7, 11) is 0. The summed E-state index contributed by atoms with van der Waals surface area (Å²) >= 11 is 1.26. The average Bonchev–Trinajstić information content (AvgIpc) is 3.01. The smallest absolute Gasteiger partial charge is 0.318 e. The second-order valence-corrected chi connectivity index (χ2v) is 9.28. The summed E-state index contributed by atoms with van der Waals surface area (Å²) in [6, 6.07) is 7.36. The number of nitrogens with zero attached hydrogens (tertiary/aromatic N) is 3. The van der Waals surface area contributed by atoms with Crippen LogP contribution >= 0.6 is 11.8 Å². The zero-order valence-corrected chi connectivity index (χ0v) is 18.4. The number of benzene rings is 1. The van der Waals surface area contributed by atoms with Crippen molar-refractivity contribution in [1.29, 1.82) is 0 Å². The Labute approximate surface area is 176 Å². The van der Waals surface area contributed by atoms with Crippen molar-refractivity contribution in [3.63, 3.8) is 0 Å². The average molecular weight is 416 g/mol. The fraction of sp³-hybridized carbons (Fsp3) is 0.429. The van der Waals surface area contributed by atoms with Gasteiger partial charge in [0.15, 0.2) is 11.0 Å². The lowest BCUT2D eigenvalue weighted by molar-refractivity contribution is -0.120. The number of primary amides is 1. The number of nitrogens with one attached hydrogen (secondary N) is 1. The molecule has 0 aliphatic carbocycles. The quantitative estimate of drug-likeness (QED) is 0.530. The first kappa shape index (κ1) is 22.7. The highest BCUT2D eigenvalue weighted by Crippen LogP contribution is 2.31. The van der Waals surface area contributed by atoms with Crippen LogP contribution in [0.3, 0.4) is 0 Å². The van der Waals surface area contributed by atoms with Gasteiger partial charge in [0.2, 0.25) is 5.91 Å². The molecule has 0 spiro atoms. The molecule has 2 aromatic rings. The third-order valence-electron chi connectivity index (χ3n) is 4.38. The number of carbonyl (C=O) groups is 2. The van der Waals surface area contributed by atoms with Crippen LogP contribution < -0.4 is 11.1 Å². The topological polar surface area (TPSA) is 103 Å². The van der Waals surface area contributed by atoms with Crippen molar-refractivity contribution in [1.82, 2.24) is 20.1 Å². The Morgan fingerprint density at radius 3 is 2.34 bits per heavy atom. The molecule has 0 radical (unpaired) electrons. The molecular formula is C21H29N5O2S. The molecular weight excluding hydrogens is 386 g/mol. The number of amides is 3. The van der Waals surface area contributed by atoms with Gasteiger partial charge in [0.1, 0.15) is 0 Å². The molecule has 0 aliphatic heterocycles. The summed E-state index contributed by atoms with van der Waals surface area (Å²) in [6.07, 6.45) is 1.76. The second kappa shape index (κ2) is 9.26. The van der Waals surface area contributed by atoms with Gasteiger partial charge in [0.25, 0.3) is 0 Å². The fourth-order valence-corrected chi connectivity index (χ4v) is 3.84. The van der Waals surface area contributed by atoms with Gasteiger partial charge in [-0.2, -0.15) is 0 Å². The number of rotatable bonds is 7. The van der Waals surface area contributed by atoms with Crippen molar-refractivity contribution >= 4 is 23.7 Å². The molecule has 0 saturated carbocycles. The number of urea groups is 1. The van der Waals surface area contributed by atoms with E-state index in [1.54, 1.807) is 6.08 Å². The van der Waals surface area contributed by atoms with E-state index in [0.29, 0.717) is 17.5 Å². The van der Waals surface area contributed by atoms with E-state index in [-0.39, 0.29) is 11.3 Å². The van der Waals surface area contributed by atoms with E-state index in [1.165, 1.54) is 17.3 Å². The van der Waals surface area contributed by atoms with E-state index in [2.05, 4.69) is 55.0 Å². The maximum atomic E-state index is 12.4. The number of imide groups is 1. The molecule has 1 heterocycles. The van der Waals surface area contributed by atoms with Gasteiger partial charge in [-0.1, -0.05) is 76.7 Å². The van der Waals surface area contributed by atoms with Crippen LogP contribution in [0.2, 0.25) is 0 Å². The Bertz CT molecular complexity index is 881. The molecule has 3 N–H and O–H groups in total. The van der Waals surface area contributed by atoms with Crippen LogP contribution in [0.25, 0.3) is 11.4 Å². The molecule has 1 atom stereocenters. The SMILES string of the molecule is C=CCn1c(SC(C(=O)NC(N)=O)C(C)C)nnc1-c1ccc(C(C)(C)C)cc1. The third kappa shape index (κ3) is 5.69. The Morgan fingerprint density at radius 2 is 1.86 bits per heavy atom. The molecule has 0 bridgehead atoms. The predicted molar refractivity (Wildman–Crippen MR) is 117 cm³/mol. The van der Waals surface area contributed by atoms with Gasteiger partial charge in [0, 0.05) is 12.1 Å². The summed E-state index contributed by atoms with van der Waals surface area (Å²) in [6.45, 7) is 14.6. The summed E-state index contributed by atoms with van der Waals surface area (Å²) in [4.78, 5) is 23.4. The van der Waals surface area contributed by atoms with Crippen molar-refractivity contribution in [3.8, 4) is 11.4 Å². The monoisotopic (exact) mass is 415 g/mol. The number of thioether (sulfide) groups is 1. The third-order valence-corrected chi connectivity index (χ3v) is 5.91. The highest BCUT2D eigenvalue weighted by molar-refractivity contribution is 8.00. The Kier molecular flexibility index (Phi) is 7.24. The first-order valence-electron chi connectivity index (χ1n) is 9.46. The molecule has 3 amide bonds.